The number of rotatable bonds is 4. The lowest BCUT2D eigenvalue weighted by atomic mass is 10.1. The Balaban J connectivity index is 2.84. The van der Waals surface area contributed by atoms with E-state index in [2.05, 4.69) is 0 Å². The van der Waals surface area contributed by atoms with E-state index in [1.165, 1.54) is 6.07 Å². The van der Waals surface area contributed by atoms with Crippen molar-refractivity contribution in [1.82, 2.24) is 4.57 Å². The highest BCUT2D eigenvalue weighted by molar-refractivity contribution is 6.31. The van der Waals surface area contributed by atoms with Gasteiger partial charge in [-0.25, -0.2) is 0 Å². The number of hydrogen-bond donors (Lipinski definition) is 1. The molecule has 0 radical (unpaired) electrons. The van der Waals surface area contributed by atoms with Gasteiger partial charge in [0.05, 0.1) is 11.9 Å². The number of aliphatic carboxylic acids is 1. The van der Waals surface area contributed by atoms with Gasteiger partial charge in [0.2, 0.25) is 0 Å². The van der Waals surface area contributed by atoms with Gasteiger partial charge in [0.1, 0.15) is 0 Å². The first-order chi connectivity index (χ1) is 9.43. The molecule has 1 N–H and O–H groups in total. The molecule has 20 heavy (non-hydrogen) atoms. The van der Waals surface area contributed by atoms with Gasteiger partial charge in [-0.1, -0.05) is 18.5 Å². The average molecular weight is 294 g/mol. The average Bonchev–Trinajstić information content (AvgIpc) is 2.37. The molecule has 1 aromatic carbocycles. The minimum Gasteiger partial charge on any atom is -0.481 e. The van der Waals surface area contributed by atoms with E-state index in [9.17, 15) is 9.59 Å². The van der Waals surface area contributed by atoms with E-state index in [1.54, 1.807) is 18.2 Å². The molecule has 0 aliphatic carbocycles. The Labute approximate surface area is 121 Å². The number of fused-ring (bicyclic) bond motifs is 1. The van der Waals surface area contributed by atoms with Gasteiger partial charge in [-0.3, -0.25) is 9.59 Å². The van der Waals surface area contributed by atoms with Crippen LogP contribution in [0.3, 0.4) is 0 Å². The predicted molar refractivity (Wildman–Crippen MR) is 79.6 cm³/mol. The molecule has 1 unspecified atom stereocenters. The van der Waals surface area contributed by atoms with Crippen LogP contribution in [-0.4, -0.2) is 15.6 Å². The van der Waals surface area contributed by atoms with Crippen molar-refractivity contribution in [3.05, 3.63) is 45.2 Å². The molecule has 1 atom stereocenters. The van der Waals surface area contributed by atoms with E-state index < -0.39 is 5.97 Å². The van der Waals surface area contributed by atoms with Crippen LogP contribution in [0.4, 0.5) is 0 Å². The van der Waals surface area contributed by atoms with Crippen LogP contribution in [0.5, 0.6) is 0 Å². The van der Waals surface area contributed by atoms with Crippen molar-refractivity contribution in [2.45, 2.75) is 32.7 Å². The fourth-order valence-corrected chi connectivity index (χ4v) is 2.53. The summed E-state index contributed by atoms with van der Waals surface area (Å²) >= 11 is 6.02. The van der Waals surface area contributed by atoms with Crippen LogP contribution in [-0.2, 0) is 11.2 Å². The fourth-order valence-electron chi connectivity index (χ4n) is 2.36. The molecule has 0 fully saturated rings. The van der Waals surface area contributed by atoms with Crippen LogP contribution in [0.15, 0.2) is 29.1 Å². The van der Waals surface area contributed by atoms with Gasteiger partial charge in [-0.15, -0.1) is 0 Å². The van der Waals surface area contributed by atoms with Crippen LogP contribution in [0.25, 0.3) is 10.9 Å². The third-order valence-corrected chi connectivity index (χ3v) is 3.69. The second kappa shape index (κ2) is 5.67. The summed E-state index contributed by atoms with van der Waals surface area (Å²) in [5.74, 6) is -0.956. The van der Waals surface area contributed by atoms with Crippen LogP contribution in [0.1, 0.15) is 32.0 Å². The first-order valence-corrected chi connectivity index (χ1v) is 6.87. The minimum absolute atomic E-state index is 0.0888. The summed E-state index contributed by atoms with van der Waals surface area (Å²) in [7, 11) is 0. The summed E-state index contributed by atoms with van der Waals surface area (Å²) in [5.41, 5.74) is 1.02. The second-order valence-electron chi connectivity index (χ2n) is 4.86. The highest BCUT2D eigenvalue weighted by Crippen LogP contribution is 2.24. The SMILES string of the molecule is CCC(C)n1c(CC(=O)O)cc(=O)c2ccc(Cl)cc21. The number of benzene rings is 1. The number of halogens is 1. The lowest BCUT2D eigenvalue weighted by Crippen LogP contribution is -2.19. The monoisotopic (exact) mass is 293 g/mol. The zero-order valence-electron chi connectivity index (χ0n) is 11.4. The Morgan fingerprint density at radius 2 is 2.10 bits per heavy atom. The van der Waals surface area contributed by atoms with Crippen molar-refractivity contribution in [2.75, 3.05) is 0 Å². The molecule has 0 spiro atoms. The fraction of sp³-hybridized carbons (Fsp3) is 0.333. The molecule has 0 saturated heterocycles. The van der Waals surface area contributed by atoms with E-state index >= 15 is 0 Å². The highest BCUT2D eigenvalue weighted by atomic mass is 35.5. The molecule has 1 aromatic heterocycles. The Bertz CT molecular complexity index is 721. The maximum Gasteiger partial charge on any atom is 0.309 e. The molecular weight excluding hydrogens is 278 g/mol. The third-order valence-electron chi connectivity index (χ3n) is 3.46. The van der Waals surface area contributed by atoms with Gasteiger partial charge in [-0.05, 0) is 31.5 Å². The van der Waals surface area contributed by atoms with E-state index in [0.717, 1.165) is 6.42 Å². The number of nitrogens with zero attached hydrogens (tertiary/aromatic N) is 1. The molecule has 2 rings (SSSR count). The summed E-state index contributed by atoms with van der Waals surface area (Å²) < 4.78 is 1.90. The van der Waals surface area contributed by atoms with Crippen molar-refractivity contribution in [2.24, 2.45) is 0 Å². The van der Waals surface area contributed by atoms with E-state index in [4.69, 9.17) is 16.7 Å². The number of hydrogen-bond acceptors (Lipinski definition) is 2. The quantitative estimate of drug-likeness (QED) is 0.941. The summed E-state index contributed by atoms with van der Waals surface area (Å²) in [5, 5.41) is 10.1. The first-order valence-electron chi connectivity index (χ1n) is 6.49. The Hall–Kier alpha value is -1.81. The minimum atomic E-state index is -0.956. The van der Waals surface area contributed by atoms with Crippen molar-refractivity contribution in [3.63, 3.8) is 0 Å². The lowest BCUT2D eigenvalue weighted by molar-refractivity contribution is -0.136. The lowest BCUT2D eigenvalue weighted by Gasteiger charge is -2.21. The summed E-state index contributed by atoms with van der Waals surface area (Å²) in [6, 6.07) is 6.57. The zero-order valence-corrected chi connectivity index (χ0v) is 12.1. The van der Waals surface area contributed by atoms with Gasteiger partial charge < -0.3 is 9.67 Å². The van der Waals surface area contributed by atoms with E-state index in [-0.39, 0.29) is 17.9 Å². The maximum absolute atomic E-state index is 12.1. The maximum atomic E-state index is 12.1. The Morgan fingerprint density at radius 1 is 1.40 bits per heavy atom. The van der Waals surface area contributed by atoms with Gasteiger partial charge in [0.25, 0.3) is 0 Å². The molecule has 1 heterocycles. The van der Waals surface area contributed by atoms with Crippen molar-refractivity contribution in [1.29, 1.82) is 0 Å². The number of pyridine rings is 1. The highest BCUT2D eigenvalue weighted by Gasteiger charge is 2.15. The van der Waals surface area contributed by atoms with Gasteiger partial charge in [-0.2, -0.15) is 0 Å². The van der Waals surface area contributed by atoms with Crippen molar-refractivity contribution in [3.8, 4) is 0 Å². The Morgan fingerprint density at radius 3 is 2.70 bits per heavy atom. The molecule has 5 heteroatoms. The van der Waals surface area contributed by atoms with Gasteiger partial charge in [0, 0.05) is 28.2 Å². The number of aromatic nitrogens is 1. The molecule has 106 valence electrons. The van der Waals surface area contributed by atoms with E-state index in [0.29, 0.717) is 21.6 Å². The smallest absolute Gasteiger partial charge is 0.309 e. The first kappa shape index (κ1) is 14.6. The molecular formula is C15H16ClNO3. The summed E-state index contributed by atoms with van der Waals surface area (Å²) in [4.78, 5) is 23.1. The van der Waals surface area contributed by atoms with Crippen molar-refractivity contribution >= 4 is 28.5 Å². The molecule has 0 saturated carbocycles. The van der Waals surface area contributed by atoms with Crippen LogP contribution >= 0.6 is 11.6 Å². The third kappa shape index (κ3) is 2.70. The molecule has 0 aliphatic heterocycles. The van der Waals surface area contributed by atoms with Gasteiger partial charge in [0.15, 0.2) is 5.43 Å². The summed E-state index contributed by atoms with van der Waals surface area (Å²) in [6.07, 6.45) is 0.652. The predicted octanol–water partition coefficient (Wildman–Crippen LogP) is 3.25. The standard InChI is InChI=1S/C15H16ClNO3/c1-3-9(2)17-11(8-15(19)20)7-14(18)12-5-4-10(16)6-13(12)17/h4-7,9H,3,8H2,1-2H3,(H,19,20). The topological polar surface area (TPSA) is 59.3 Å². The molecule has 4 nitrogen and oxygen atoms in total. The van der Waals surface area contributed by atoms with Crippen LogP contribution in [0.2, 0.25) is 5.02 Å². The molecule has 2 aromatic rings. The van der Waals surface area contributed by atoms with Crippen molar-refractivity contribution < 1.29 is 9.90 Å². The zero-order chi connectivity index (χ0) is 14.9. The molecule has 0 amide bonds. The largest absolute Gasteiger partial charge is 0.481 e. The van der Waals surface area contributed by atoms with Crippen LogP contribution < -0.4 is 5.43 Å². The second-order valence-corrected chi connectivity index (χ2v) is 5.30. The number of carboxylic acid groups (broad SMARTS) is 1. The number of carboxylic acids is 1. The summed E-state index contributed by atoms with van der Waals surface area (Å²) in [6.45, 7) is 4.01. The normalized spacial score (nSPS) is 12.6. The Kier molecular flexibility index (Phi) is 4.14. The van der Waals surface area contributed by atoms with Crippen LogP contribution in [0, 0.1) is 0 Å². The van der Waals surface area contributed by atoms with E-state index in [1.807, 2.05) is 18.4 Å². The van der Waals surface area contributed by atoms with Gasteiger partial charge >= 0.3 is 5.97 Å². The molecule has 0 bridgehead atoms. The molecule has 0 aliphatic rings. The number of carbonyl (C=O) groups is 1.